The monoisotopic (exact) mass is 224 g/mol. The molecule has 0 saturated heterocycles. The zero-order chi connectivity index (χ0) is 12.1. The van der Waals surface area contributed by atoms with Crippen molar-refractivity contribution in [1.29, 1.82) is 0 Å². The van der Waals surface area contributed by atoms with Crippen LogP contribution in [0.4, 0.5) is 5.95 Å². The second kappa shape index (κ2) is 5.39. The Kier molecular flexibility index (Phi) is 4.16. The SMILES string of the molecule is CCc1nnc(N(C)CC(=O)O)nc1CC. The number of aromatic nitrogens is 3. The van der Waals surface area contributed by atoms with Gasteiger partial charge in [-0.3, -0.25) is 4.79 Å². The lowest BCUT2D eigenvalue weighted by molar-refractivity contribution is -0.135. The summed E-state index contributed by atoms with van der Waals surface area (Å²) in [6, 6.07) is 0. The summed E-state index contributed by atoms with van der Waals surface area (Å²) in [6.07, 6.45) is 1.55. The highest BCUT2D eigenvalue weighted by atomic mass is 16.4. The summed E-state index contributed by atoms with van der Waals surface area (Å²) in [4.78, 5) is 16.3. The summed E-state index contributed by atoms with van der Waals surface area (Å²) in [5, 5.41) is 16.6. The predicted octanol–water partition coefficient (Wildman–Crippen LogP) is 0.517. The van der Waals surface area contributed by atoms with Crippen LogP contribution < -0.4 is 4.90 Å². The van der Waals surface area contributed by atoms with Gasteiger partial charge in [-0.2, -0.15) is 5.10 Å². The highest BCUT2D eigenvalue weighted by Gasteiger charge is 2.11. The molecule has 0 aliphatic heterocycles. The molecule has 0 fully saturated rings. The topological polar surface area (TPSA) is 79.2 Å². The second-order valence-electron chi connectivity index (χ2n) is 3.46. The Bertz CT molecular complexity index is 381. The smallest absolute Gasteiger partial charge is 0.323 e. The molecule has 0 atom stereocenters. The van der Waals surface area contributed by atoms with E-state index in [1.165, 1.54) is 4.90 Å². The maximum atomic E-state index is 10.5. The van der Waals surface area contributed by atoms with Gasteiger partial charge in [0.2, 0.25) is 5.95 Å². The molecule has 1 heterocycles. The van der Waals surface area contributed by atoms with Gasteiger partial charge in [0.1, 0.15) is 6.54 Å². The highest BCUT2D eigenvalue weighted by Crippen LogP contribution is 2.09. The number of aryl methyl sites for hydroxylation is 2. The number of hydrogen-bond donors (Lipinski definition) is 1. The van der Waals surface area contributed by atoms with Gasteiger partial charge in [0.25, 0.3) is 0 Å². The lowest BCUT2D eigenvalue weighted by atomic mass is 10.2. The van der Waals surface area contributed by atoms with Gasteiger partial charge in [0.15, 0.2) is 0 Å². The Balaban J connectivity index is 2.93. The lowest BCUT2D eigenvalue weighted by Gasteiger charge is -2.14. The number of anilines is 1. The van der Waals surface area contributed by atoms with E-state index < -0.39 is 5.97 Å². The summed E-state index contributed by atoms with van der Waals surface area (Å²) in [5.41, 5.74) is 1.75. The molecule has 88 valence electrons. The number of carboxylic acid groups (broad SMARTS) is 1. The molecule has 0 spiro atoms. The Morgan fingerprint density at radius 1 is 1.25 bits per heavy atom. The van der Waals surface area contributed by atoms with Gasteiger partial charge in [0, 0.05) is 7.05 Å². The molecule has 0 unspecified atom stereocenters. The first-order valence-corrected chi connectivity index (χ1v) is 5.23. The molecule has 0 bridgehead atoms. The molecular formula is C10H16N4O2. The third-order valence-corrected chi connectivity index (χ3v) is 2.21. The molecule has 0 aromatic carbocycles. The van der Waals surface area contributed by atoms with Crippen molar-refractivity contribution < 1.29 is 9.90 Å². The molecule has 1 aromatic heterocycles. The number of aliphatic carboxylic acids is 1. The highest BCUT2D eigenvalue weighted by molar-refractivity contribution is 5.72. The fourth-order valence-corrected chi connectivity index (χ4v) is 1.36. The summed E-state index contributed by atoms with van der Waals surface area (Å²) in [6.45, 7) is 3.85. The maximum absolute atomic E-state index is 10.5. The molecule has 0 aliphatic carbocycles. The average Bonchev–Trinajstić information content (AvgIpc) is 2.27. The van der Waals surface area contributed by atoms with Crippen molar-refractivity contribution in [3.05, 3.63) is 11.4 Å². The van der Waals surface area contributed by atoms with E-state index >= 15 is 0 Å². The lowest BCUT2D eigenvalue weighted by Crippen LogP contribution is -2.27. The summed E-state index contributed by atoms with van der Waals surface area (Å²) in [5.74, 6) is -0.555. The van der Waals surface area contributed by atoms with E-state index in [0.29, 0.717) is 5.95 Å². The van der Waals surface area contributed by atoms with E-state index in [4.69, 9.17) is 5.11 Å². The maximum Gasteiger partial charge on any atom is 0.323 e. The summed E-state index contributed by atoms with van der Waals surface area (Å²) in [7, 11) is 1.64. The summed E-state index contributed by atoms with van der Waals surface area (Å²) >= 11 is 0. The minimum Gasteiger partial charge on any atom is -0.480 e. The molecule has 0 aliphatic rings. The first-order chi connectivity index (χ1) is 7.58. The molecule has 6 heteroatoms. The average molecular weight is 224 g/mol. The third-order valence-electron chi connectivity index (χ3n) is 2.21. The second-order valence-corrected chi connectivity index (χ2v) is 3.46. The number of likely N-dealkylation sites (N-methyl/N-ethyl adjacent to an activating group) is 1. The van der Waals surface area contributed by atoms with E-state index in [-0.39, 0.29) is 6.54 Å². The molecule has 1 aromatic rings. The van der Waals surface area contributed by atoms with Crippen LogP contribution in [0.25, 0.3) is 0 Å². The standard InChI is InChI=1S/C10H16N4O2/c1-4-7-8(5-2)12-13-10(11-7)14(3)6-9(15)16/h4-6H2,1-3H3,(H,15,16). The Hall–Kier alpha value is -1.72. The van der Waals surface area contributed by atoms with Crippen molar-refractivity contribution in [1.82, 2.24) is 15.2 Å². The van der Waals surface area contributed by atoms with Gasteiger partial charge in [-0.25, -0.2) is 4.98 Å². The van der Waals surface area contributed by atoms with Gasteiger partial charge in [-0.15, -0.1) is 5.10 Å². The van der Waals surface area contributed by atoms with Crippen LogP contribution in [0.3, 0.4) is 0 Å². The molecule has 16 heavy (non-hydrogen) atoms. The van der Waals surface area contributed by atoms with Crippen molar-refractivity contribution in [3.63, 3.8) is 0 Å². The van der Waals surface area contributed by atoms with Crippen molar-refractivity contribution in [3.8, 4) is 0 Å². The van der Waals surface area contributed by atoms with Crippen LogP contribution in [0.15, 0.2) is 0 Å². The number of hydrogen-bond acceptors (Lipinski definition) is 5. The molecular weight excluding hydrogens is 208 g/mol. The van der Waals surface area contributed by atoms with E-state index in [9.17, 15) is 4.79 Å². The Morgan fingerprint density at radius 2 is 1.88 bits per heavy atom. The number of rotatable bonds is 5. The van der Waals surface area contributed by atoms with E-state index in [2.05, 4.69) is 15.2 Å². The van der Waals surface area contributed by atoms with Crippen molar-refractivity contribution in [2.75, 3.05) is 18.5 Å². The van der Waals surface area contributed by atoms with Crippen LogP contribution in [0.2, 0.25) is 0 Å². The number of nitrogens with zero attached hydrogens (tertiary/aromatic N) is 4. The van der Waals surface area contributed by atoms with E-state index in [1.54, 1.807) is 7.05 Å². The number of carboxylic acids is 1. The third kappa shape index (κ3) is 2.88. The normalized spacial score (nSPS) is 10.2. The van der Waals surface area contributed by atoms with Gasteiger partial charge in [0.05, 0.1) is 11.4 Å². The Morgan fingerprint density at radius 3 is 2.38 bits per heavy atom. The number of carbonyl (C=O) groups is 1. The van der Waals surface area contributed by atoms with Gasteiger partial charge >= 0.3 is 5.97 Å². The van der Waals surface area contributed by atoms with Crippen LogP contribution in [-0.4, -0.2) is 39.8 Å². The van der Waals surface area contributed by atoms with Crippen molar-refractivity contribution in [2.24, 2.45) is 0 Å². The largest absolute Gasteiger partial charge is 0.480 e. The quantitative estimate of drug-likeness (QED) is 0.785. The zero-order valence-corrected chi connectivity index (χ0v) is 9.77. The minimum atomic E-state index is -0.913. The minimum absolute atomic E-state index is 0.129. The predicted molar refractivity (Wildman–Crippen MR) is 59.5 cm³/mol. The van der Waals surface area contributed by atoms with Gasteiger partial charge in [-0.05, 0) is 12.8 Å². The van der Waals surface area contributed by atoms with Crippen molar-refractivity contribution >= 4 is 11.9 Å². The first-order valence-electron chi connectivity index (χ1n) is 5.23. The molecule has 0 saturated carbocycles. The molecule has 6 nitrogen and oxygen atoms in total. The van der Waals surface area contributed by atoms with Crippen LogP contribution >= 0.6 is 0 Å². The molecule has 1 rings (SSSR count). The van der Waals surface area contributed by atoms with Gasteiger partial charge < -0.3 is 10.0 Å². The van der Waals surface area contributed by atoms with Crippen LogP contribution in [0, 0.1) is 0 Å². The first kappa shape index (κ1) is 12.4. The zero-order valence-electron chi connectivity index (χ0n) is 9.77. The van der Waals surface area contributed by atoms with Gasteiger partial charge in [-0.1, -0.05) is 13.8 Å². The summed E-state index contributed by atoms with van der Waals surface area (Å²) < 4.78 is 0. The fraction of sp³-hybridized carbons (Fsp3) is 0.600. The molecule has 1 N–H and O–H groups in total. The van der Waals surface area contributed by atoms with Crippen LogP contribution in [-0.2, 0) is 17.6 Å². The van der Waals surface area contributed by atoms with E-state index in [1.807, 2.05) is 13.8 Å². The van der Waals surface area contributed by atoms with Crippen molar-refractivity contribution in [2.45, 2.75) is 26.7 Å². The van der Waals surface area contributed by atoms with E-state index in [0.717, 1.165) is 24.2 Å². The fourth-order valence-electron chi connectivity index (χ4n) is 1.36. The molecule has 0 amide bonds. The van der Waals surface area contributed by atoms with Crippen LogP contribution in [0.5, 0.6) is 0 Å². The molecule has 0 radical (unpaired) electrons. The Labute approximate surface area is 94.3 Å². The van der Waals surface area contributed by atoms with Crippen LogP contribution in [0.1, 0.15) is 25.2 Å².